The molecule has 0 saturated heterocycles. The Labute approximate surface area is 81.0 Å². The second kappa shape index (κ2) is 2.90. The molecular weight excluding hydrogens is 205 g/mol. The quantitative estimate of drug-likeness (QED) is 0.754. The van der Waals surface area contributed by atoms with E-state index in [-0.39, 0.29) is 11.4 Å². The van der Waals surface area contributed by atoms with Gasteiger partial charge in [0.2, 0.25) is 9.84 Å². The summed E-state index contributed by atoms with van der Waals surface area (Å²) in [5.74, 6) is -0.556. The molecule has 1 heterocycles. The zero-order valence-corrected chi connectivity index (χ0v) is 8.01. The van der Waals surface area contributed by atoms with Crippen LogP contribution in [0.1, 0.15) is 5.56 Å². The van der Waals surface area contributed by atoms with E-state index in [1.54, 1.807) is 0 Å². The number of fused-ring (bicyclic) bond motifs is 1. The number of hydrogen-bond donors (Lipinski definition) is 1. The van der Waals surface area contributed by atoms with Gasteiger partial charge in [-0.15, -0.1) is 0 Å². The fourth-order valence-electron chi connectivity index (χ4n) is 1.47. The first-order chi connectivity index (χ1) is 6.54. The number of halogens is 1. The van der Waals surface area contributed by atoms with Crippen LogP contribution < -0.4 is 5.73 Å². The maximum absolute atomic E-state index is 12.8. The molecule has 0 aliphatic carbocycles. The van der Waals surface area contributed by atoms with Gasteiger partial charge >= 0.3 is 0 Å². The summed E-state index contributed by atoms with van der Waals surface area (Å²) in [7, 11) is -3.47. The number of nitrogens with two attached hydrogens (primary N) is 1. The van der Waals surface area contributed by atoms with Gasteiger partial charge in [0, 0.05) is 12.0 Å². The first-order valence-corrected chi connectivity index (χ1v) is 5.55. The largest absolute Gasteiger partial charge is 0.326 e. The highest BCUT2D eigenvalue weighted by Gasteiger charge is 2.26. The normalized spacial score (nSPS) is 17.7. The summed E-state index contributed by atoms with van der Waals surface area (Å²) in [4.78, 5) is 0.0120. The van der Waals surface area contributed by atoms with Crippen molar-refractivity contribution in [3.8, 4) is 0 Å². The Hall–Kier alpha value is -1.20. The maximum atomic E-state index is 12.8. The van der Waals surface area contributed by atoms with Crippen LogP contribution in [-0.2, 0) is 9.84 Å². The average molecular weight is 213 g/mol. The van der Waals surface area contributed by atoms with E-state index in [4.69, 9.17) is 5.73 Å². The van der Waals surface area contributed by atoms with Crippen molar-refractivity contribution in [1.82, 2.24) is 0 Å². The van der Waals surface area contributed by atoms with Gasteiger partial charge in [0.05, 0.1) is 4.90 Å². The molecule has 5 heteroatoms. The third kappa shape index (κ3) is 1.25. The molecular formula is C9H8FNO2S. The molecule has 0 spiro atoms. The van der Waals surface area contributed by atoms with Crippen LogP contribution >= 0.6 is 0 Å². The molecule has 2 rings (SSSR count). The van der Waals surface area contributed by atoms with Crippen LogP contribution in [0.4, 0.5) is 4.39 Å². The molecule has 1 aliphatic rings. The molecule has 0 bridgehead atoms. The van der Waals surface area contributed by atoms with Crippen LogP contribution in [-0.4, -0.2) is 15.0 Å². The molecule has 0 saturated carbocycles. The predicted molar refractivity (Wildman–Crippen MR) is 50.6 cm³/mol. The van der Waals surface area contributed by atoms with Crippen LogP contribution in [0.15, 0.2) is 28.5 Å². The first-order valence-electron chi connectivity index (χ1n) is 4.00. The molecule has 0 amide bonds. The Morgan fingerprint density at radius 3 is 2.71 bits per heavy atom. The van der Waals surface area contributed by atoms with E-state index in [2.05, 4.69) is 0 Å². The lowest BCUT2D eigenvalue weighted by atomic mass is 10.1. The lowest BCUT2D eigenvalue weighted by Gasteiger charge is -2.00. The van der Waals surface area contributed by atoms with Gasteiger partial charge in [-0.1, -0.05) is 6.07 Å². The molecule has 1 aliphatic heterocycles. The Kier molecular flexibility index (Phi) is 1.94. The van der Waals surface area contributed by atoms with Gasteiger partial charge in [0.1, 0.15) is 5.82 Å². The molecule has 3 nitrogen and oxygen atoms in total. The van der Waals surface area contributed by atoms with Gasteiger partial charge in [-0.25, -0.2) is 12.8 Å². The van der Waals surface area contributed by atoms with Crippen molar-refractivity contribution in [2.75, 3.05) is 6.54 Å². The summed E-state index contributed by atoms with van der Waals surface area (Å²) in [5, 5.41) is 1.09. The summed E-state index contributed by atoms with van der Waals surface area (Å²) in [6.45, 7) is 0.137. The molecule has 0 atom stereocenters. The van der Waals surface area contributed by atoms with E-state index in [9.17, 15) is 12.8 Å². The van der Waals surface area contributed by atoms with Crippen molar-refractivity contribution in [2.24, 2.45) is 5.73 Å². The number of benzene rings is 1. The van der Waals surface area contributed by atoms with Gasteiger partial charge in [-0.3, -0.25) is 0 Å². The van der Waals surface area contributed by atoms with Crippen molar-refractivity contribution >= 4 is 15.4 Å². The van der Waals surface area contributed by atoms with E-state index >= 15 is 0 Å². The smallest absolute Gasteiger partial charge is 0.200 e. The van der Waals surface area contributed by atoms with Crippen LogP contribution in [0.25, 0.3) is 5.57 Å². The van der Waals surface area contributed by atoms with Crippen molar-refractivity contribution in [1.29, 1.82) is 0 Å². The molecule has 0 unspecified atom stereocenters. The highest BCUT2D eigenvalue weighted by atomic mass is 32.2. The minimum Gasteiger partial charge on any atom is -0.326 e. The number of rotatable bonds is 1. The van der Waals surface area contributed by atoms with E-state index in [1.165, 1.54) is 12.1 Å². The van der Waals surface area contributed by atoms with Gasteiger partial charge < -0.3 is 5.73 Å². The second-order valence-corrected chi connectivity index (χ2v) is 4.80. The molecule has 0 fully saturated rings. The van der Waals surface area contributed by atoms with Gasteiger partial charge in [0.15, 0.2) is 0 Å². The van der Waals surface area contributed by atoms with E-state index in [1.807, 2.05) is 0 Å². The predicted octanol–water partition coefficient (Wildman–Crippen LogP) is 0.913. The Morgan fingerprint density at radius 2 is 2.07 bits per heavy atom. The summed E-state index contributed by atoms with van der Waals surface area (Å²) in [5.41, 5.74) is 6.42. The monoisotopic (exact) mass is 213 g/mol. The topological polar surface area (TPSA) is 60.2 Å². The van der Waals surface area contributed by atoms with Crippen molar-refractivity contribution in [3.05, 3.63) is 35.0 Å². The fraction of sp³-hybridized carbons (Fsp3) is 0.111. The zero-order chi connectivity index (χ0) is 10.3. The average Bonchev–Trinajstić information content (AvgIpc) is 2.38. The summed E-state index contributed by atoms with van der Waals surface area (Å²) >= 11 is 0. The highest BCUT2D eigenvalue weighted by molar-refractivity contribution is 7.95. The number of hydrogen-bond acceptors (Lipinski definition) is 3. The molecule has 0 radical (unpaired) electrons. The molecule has 14 heavy (non-hydrogen) atoms. The molecule has 2 N–H and O–H groups in total. The van der Waals surface area contributed by atoms with Crippen molar-refractivity contribution in [3.63, 3.8) is 0 Å². The van der Waals surface area contributed by atoms with Crippen LogP contribution in [0, 0.1) is 5.82 Å². The third-order valence-electron chi connectivity index (χ3n) is 2.11. The Morgan fingerprint density at radius 1 is 1.36 bits per heavy atom. The second-order valence-electron chi connectivity index (χ2n) is 3.03. The van der Waals surface area contributed by atoms with Crippen LogP contribution in [0.5, 0.6) is 0 Å². The van der Waals surface area contributed by atoms with E-state index in [0.29, 0.717) is 11.1 Å². The number of sulfone groups is 1. The maximum Gasteiger partial charge on any atom is 0.200 e. The molecule has 1 aromatic carbocycles. The minimum absolute atomic E-state index is 0.0120. The van der Waals surface area contributed by atoms with Crippen molar-refractivity contribution in [2.45, 2.75) is 4.90 Å². The summed E-state index contributed by atoms with van der Waals surface area (Å²) in [6, 6.07) is 3.68. The van der Waals surface area contributed by atoms with Crippen LogP contribution in [0.2, 0.25) is 0 Å². The standard InChI is InChI=1S/C9H8FNO2S/c10-7-1-2-8-6(4-11)5-14(12,13)9(8)3-7/h1-3,5H,4,11H2. The van der Waals surface area contributed by atoms with Crippen molar-refractivity contribution < 1.29 is 12.8 Å². The Bertz CT molecular complexity index is 520. The van der Waals surface area contributed by atoms with Gasteiger partial charge in [0.25, 0.3) is 0 Å². The SMILES string of the molecule is NCC1=CS(=O)(=O)c2cc(F)ccc21. The van der Waals surface area contributed by atoms with Gasteiger partial charge in [-0.2, -0.15) is 0 Å². The first kappa shape index (κ1) is 9.36. The highest BCUT2D eigenvalue weighted by Crippen LogP contribution is 2.32. The van der Waals surface area contributed by atoms with E-state index < -0.39 is 15.7 Å². The summed E-state index contributed by atoms with van der Waals surface area (Å²) < 4.78 is 35.8. The van der Waals surface area contributed by atoms with Crippen LogP contribution in [0.3, 0.4) is 0 Å². The van der Waals surface area contributed by atoms with E-state index in [0.717, 1.165) is 11.5 Å². The Balaban J connectivity index is 2.75. The zero-order valence-electron chi connectivity index (χ0n) is 7.20. The molecule has 74 valence electrons. The lowest BCUT2D eigenvalue weighted by Crippen LogP contribution is -2.00. The molecule has 0 aromatic heterocycles. The summed E-state index contributed by atoms with van der Waals surface area (Å²) in [6.07, 6.45) is 0. The third-order valence-corrected chi connectivity index (χ3v) is 3.66. The lowest BCUT2D eigenvalue weighted by molar-refractivity contribution is 0.599. The minimum atomic E-state index is -3.47. The fourth-order valence-corrected chi connectivity index (χ4v) is 2.98. The molecule has 1 aromatic rings. The van der Waals surface area contributed by atoms with Gasteiger partial charge in [-0.05, 0) is 23.3 Å².